The van der Waals surface area contributed by atoms with Gasteiger partial charge >= 0.3 is 0 Å². The summed E-state index contributed by atoms with van der Waals surface area (Å²) >= 11 is 3.31. The summed E-state index contributed by atoms with van der Waals surface area (Å²) in [6.07, 6.45) is 0. The van der Waals surface area contributed by atoms with Crippen molar-refractivity contribution >= 4 is 37.5 Å². The van der Waals surface area contributed by atoms with E-state index in [4.69, 9.17) is 9.15 Å². The van der Waals surface area contributed by atoms with Gasteiger partial charge in [0.1, 0.15) is 0 Å². The number of halogens is 1. The number of sulfonamides is 1. The molecule has 0 saturated carbocycles. The van der Waals surface area contributed by atoms with Gasteiger partial charge in [-0.2, -0.15) is 4.31 Å². The Bertz CT molecular complexity index is 843. The van der Waals surface area contributed by atoms with Crippen LogP contribution in [0.3, 0.4) is 0 Å². The van der Waals surface area contributed by atoms with Crippen molar-refractivity contribution in [2.75, 3.05) is 31.6 Å². The summed E-state index contributed by atoms with van der Waals surface area (Å²) < 4.78 is 37.4. The zero-order valence-electron chi connectivity index (χ0n) is 12.6. The molecule has 2 heterocycles. The second-order valence-corrected chi connectivity index (χ2v) is 7.88. The minimum Gasteiger partial charge on any atom is -0.438 e. The average Bonchev–Trinajstić information content (AvgIpc) is 3.07. The SMILES string of the molecule is O=C(Nc1cccc(Br)c1)c1ccc(S(=O)(=O)N2CCOCC2)o1. The van der Waals surface area contributed by atoms with Crippen LogP contribution in [0.5, 0.6) is 0 Å². The van der Waals surface area contributed by atoms with Crippen LogP contribution in [-0.4, -0.2) is 44.9 Å². The summed E-state index contributed by atoms with van der Waals surface area (Å²) in [5, 5.41) is 2.41. The first-order valence-corrected chi connectivity index (χ1v) is 9.45. The lowest BCUT2D eigenvalue weighted by Gasteiger charge is -2.24. The van der Waals surface area contributed by atoms with E-state index < -0.39 is 15.9 Å². The fourth-order valence-electron chi connectivity index (χ4n) is 2.25. The summed E-state index contributed by atoms with van der Waals surface area (Å²) in [6, 6.07) is 9.69. The van der Waals surface area contributed by atoms with Crippen molar-refractivity contribution in [1.29, 1.82) is 0 Å². The number of amides is 1. The highest BCUT2D eigenvalue weighted by molar-refractivity contribution is 9.10. The minimum absolute atomic E-state index is 0.0678. The highest BCUT2D eigenvalue weighted by atomic mass is 79.9. The number of ether oxygens (including phenoxy) is 1. The number of hydrogen-bond donors (Lipinski definition) is 1. The Labute approximate surface area is 147 Å². The lowest BCUT2D eigenvalue weighted by atomic mass is 10.3. The zero-order chi connectivity index (χ0) is 17.2. The van der Waals surface area contributed by atoms with E-state index in [2.05, 4.69) is 21.2 Å². The van der Waals surface area contributed by atoms with E-state index in [1.54, 1.807) is 18.2 Å². The summed E-state index contributed by atoms with van der Waals surface area (Å²) in [6.45, 7) is 1.22. The van der Waals surface area contributed by atoms with Gasteiger partial charge in [-0.3, -0.25) is 4.79 Å². The molecule has 1 N–H and O–H groups in total. The van der Waals surface area contributed by atoms with Crippen LogP contribution in [0.2, 0.25) is 0 Å². The number of furan rings is 1. The maximum Gasteiger partial charge on any atom is 0.291 e. The second kappa shape index (κ2) is 7.06. The van der Waals surface area contributed by atoms with Gasteiger partial charge in [-0.1, -0.05) is 22.0 Å². The fraction of sp³-hybridized carbons (Fsp3) is 0.267. The molecule has 1 amide bonds. The molecule has 3 rings (SSSR count). The van der Waals surface area contributed by atoms with Gasteiger partial charge in [0.15, 0.2) is 5.76 Å². The van der Waals surface area contributed by atoms with Gasteiger partial charge < -0.3 is 14.5 Å². The average molecular weight is 415 g/mol. The van der Waals surface area contributed by atoms with Gasteiger partial charge in [0.05, 0.1) is 13.2 Å². The van der Waals surface area contributed by atoms with Crippen LogP contribution in [0.15, 0.2) is 50.4 Å². The van der Waals surface area contributed by atoms with Crippen LogP contribution in [0.25, 0.3) is 0 Å². The summed E-state index contributed by atoms with van der Waals surface area (Å²) in [5.74, 6) is -0.585. The molecule has 0 atom stereocenters. The molecule has 128 valence electrons. The smallest absolute Gasteiger partial charge is 0.291 e. The van der Waals surface area contributed by atoms with Gasteiger partial charge in [0.2, 0.25) is 5.09 Å². The molecule has 0 radical (unpaired) electrons. The molecule has 1 aromatic carbocycles. The summed E-state index contributed by atoms with van der Waals surface area (Å²) in [5.41, 5.74) is 0.573. The third kappa shape index (κ3) is 3.69. The number of benzene rings is 1. The first-order valence-electron chi connectivity index (χ1n) is 7.21. The molecule has 1 aliphatic heterocycles. The number of nitrogens with one attached hydrogen (secondary N) is 1. The maximum atomic E-state index is 12.5. The Morgan fingerprint density at radius 2 is 1.92 bits per heavy atom. The van der Waals surface area contributed by atoms with E-state index in [9.17, 15) is 13.2 Å². The molecule has 1 fully saturated rings. The number of anilines is 1. The van der Waals surface area contributed by atoms with Gasteiger partial charge in [-0.05, 0) is 30.3 Å². The number of nitrogens with zero attached hydrogens (tertiary/aromatic N) is 1. The highest BCUT2D eigenvalue weighted by Crippen LogP contribution is 2.21. The van der Waals surface area contributed by atoms with Gasteiger partial charge in [0.25, 0.3) is 15.9 Å². The Morgan fingerprint density at radius 3 is 2.62 bits per heavy atom. The minimum atomic E-state index is -3.76. The zero-order valence-corrected chi connectivity index (χ0v) is 15.0. The largest absolute Gasteiger partial charge is 0.438 e. The van der Waals surface area contributed by atoms with Gasteiger partial charge in [0, 0.05) is 23.2 Å². The van der Waals surface area contributed by atoms with Crippen LogP contribution < -0.4 is 5.32 Å². The third-order valence-electron chi connectivity index (χ3n) is 3.45. The Balaban J connectivity index is 1.76. The molecular formula is C15H15BrN2O5S. The summed E-state index contributed by atoms with van der Waals surface area (Å²) in [7, 11) is -3.76. The van der Waals surface area contributed by atoms with Crippen molar-refractivity contribution in [3.8, 4) is 0 Å². The van der Waals surface area contributed by atoms with E-state index in [1.165, 1.54) is 16.4 Å². The predicted octanol–water partition coefficient (Wildman–Crippen LogP) is 2.32. The molecule has 1 aromatic heterocycles. The monoisotopic (exact) mass is 414 g/mol. The molecule has 0 unspecified atom stereocenters. The van der Waals surface area contributed by atoms with Gasteiger partial charge in [-0.15, -0.1) is 0 Å². The van der Waals surface area contributed by atoms with Crippen molar-refractivity contribution in [2.45, 2.75) is 5.09 Å². The molecule has 9 heteroatoms. The number of rotatable bonds is 4. The number of morpholine rings is 1. The van der Waals surface area contributed by atoms with Crippen molar-refractivity contribution < 1.29 is 22.4 Å². The summed E-state index contributed by atoms with van der Waals surface area (Å²) in [4.78, 5) is 12.2. The Kier molecular flexibility index (Phi) is 5.04. The molecule has 1 aliphatic rings. The first kappa shape index (κ1) is 17.2. The van der Waals surface area contributed by atoms with Crippen LogP contribution in [-0.2, 0) is 14.8 Å². The maximum absolute atomic E-state index is 12.5. The number of carbonyl (C=O) groups excluding carboxylic acids is 1. The normalized spacial score (nSPS) is 16.0. The third-order valence-corrected chi connectivity index (χ3v) is 5.72. The lowest BCUT2D eigenvalue weighted by Crippen LogP contribution is -2.40. The standard InChI is InChI=1S/C15H15BrN2O5S/c16-11-2-1-3-12(10-11)17-15(19)13-4-5-14(23-13)24(20,21)18-6-8-22-9-7-18/h1-5,10H,6-9H2,(H,17,19). The van der Waals surface area contributed by atoms with Gasteiger partial charge in [-0.25, -0.2) is 8.42 Å². The van der Waals surface area contributed by atoms with Crippen LogP contribution in [0, 0.1) is 0 Å². The van der Waals surface area contributed by atoms with E-state index >= 15 is 0 Å². The molecule has 2 aromatic rings. The highest BCUT2D eigenvalue weighted by Gasteiger charge is 2.30. The van der Waals surface area contributed by atoms with Crippen molar-refractivity contribution in [2.24, 2.45) is 0 Å². The quantitative estimate of drug-likeness (QED) is 0.828. The van der Waals surface area contributed by atoms with E-state index in [1.807, 2.05) is 6.07 Å². The lowest BCUT2D eigenvalue weighted by molar-refractivity contribution is 0.0723. The van der Waals surface area contributed by atoms with E-state index in [-0.39, 0.29) is 23.9 Å². The predicted molar refractivity (Wildman–Crippen MR) is 90.4 cm³/mol. The van der Waals surface area contributed by atoms with E-state index in [0.29, 0.717) is 18.9 Å². The molecule has 0 aliphatic carbocycles. The Hall–Kier alpha value is -1.68. The molecule has 24 heavy (non-hydrogen) atoms. The van der Waals surface area contributed by atoms with Crippen LogP contribution in [0.4, 0.5) is 5.69 Å². The van der Waals surface area contributed by atoms with Crippen LogP contribution in [0.1, 0.15) is 10.6 Å². The molecular weight excluding hydrogens is 400 g/mol. The molecule has 0 bridgehead atoms. The second-order valence-electron chi connectivity index (χ2n) is 5.10. The van der Waals surface area contributed by atoms with Crippen molar-refractivity contribution in [3.63, 3.8) is 0 Å². The molecule has 1 saturated heterocycles. The molecule has 0 spiro atoms. The van der Waals surface area contributed by atoms with E-state index in [0.717, 1.165) is 4.47 Å². The topological polar surface area (TPSA) is 88.9 Å². The van der Waals surface area contributed by atoms with Crippen molar-refractivity contribution in [1.82, 2.24) is 4.31 Å². The fourth-order valence-corrected chi connectivity index (χ4v) is 3.97. The Morgan fingerprint density at radius 1 is 1.17 bits per heavy atom. The molecule has 7 nitrogen and oxygen atoms in total. The number of hydrogen-bond acceptors (Lipinski definition) is 5. The first-order chi connectivity index (χ1) is 11.5. The van der Waals surface area contributed by atoms with Crippen LogP contribution >= 0.6 is 15.9 Å². The number of carbonyl (C=O) groups is 1. The van der Waals surface area contributed by atoms with Crippen molar-refractivity contribution in [3.05, 3.63) is 46.6 Å².